The largest absolute Gasteiger partial charge is 0.394 e. The van der Waals surface area contributed by atoms with E-state index in [1.54, 1.807) is 0 Å². The van der Waals surface area contributed by atoms with E-state index in [9.17, 15) is 4.79 Å². The predicted molar refractivity (Wildman–Crippen MR) is 94.3 cm³/mol. The molecule has 0 unspecified atom stereocenters. The molecule has 23 heavy (non-hydrogen) atoms. The second-order valence-electron chi connectivity index (χ2n) is 6.39. The van der Waals surface area contributed by atoms with Crippen molar-refractivity contribution in [3.8, 4) is 11.1 Å². The van der Waals surface area contributed by atoms with Crippen molar-refractivity contribution in [2.75, 3.05) is 11.9 Å². The molecule has 0 saturated heterocycles. The summed E-state index contributed by atoms with van der Waals surface area (Å²) in [5, 5.41) is 11.8. The topological polar surface area (TPSA) is 75.4 Å². The van der Waals surface area contributed by atoms with Crippen molar-refractivity contribution >= 4 is 11.6 Å². The minimum atomic E-state index is -1.29. The van der Waals surface area contributed by atoms with E-state index in [0.717, 1.165) is 11.1 Å². The standard InChI is InChI=1S/C19H24N2O2/c1-13(2)15-5-4-6-16(11-15)14-7-9-17(10-8-14)21-18(23)19(3,20)12-22/h4-11,13,22H,12,20H2,1-3H3,(H,21,23)/t19-/m0/s1. The van der Waals surface area contributed by atoms with Gasteiger partial charge in [-0.15, -0.1) is 0 Å². The quantitative estimate of drug-likeness (QED) is 0.794. The minimum Gasteiger partial charge on any atom is -0.394 e. The molecule has 0 spiro atoms. The summed E-state index contributed by atoms with van der Waals surface area (Å²) in [6.45, 7) is 5.43. The van der Waals surface area contributed by atoms with Gasteiger partial charge in [-0.2, -0.15) is 0 Å². The Morgan fingerprint density at radius 3 is 2.39 bits per heavy atom. The number of nitrogens with two attached hydrogens (primary N) is 1. The molecule has 0 radical (unpaired) electrons. The molecular weight excluding hydrogens is 288 g/mol. The van der Waals surface area contributed by atoms with Gasteiger partial charge in [-0.05, 0) is 41.7 Å². The normalized spacial score (nSPS) is 13.7. The molecule has 0 aliphatic carbocycles. The zero-order valence-corrected chi connectivity index (χ0v) is 13.8. The maximum atomic E-state index is 11.9. The van der Waals surface area contributed by atoms with Gasteiger partial charge < -0.3 is 16.2 Å². The number of amides is 1. The average molecular weight is 312 g/mol. The maximum absolute atomic E-state index is 11.9. The van der Waals surface area contributed by atoms with E-state index in [4.69, 9.17) is 10.8 Å². The van der Waals surface area contributed by atoms with Gasteiger partial charge in [-0.25, -0.2) is 0 Å². The van der Waals surface area contributed by atoms with Gasteiger partial charge in [0.15, 0.2) is 0 Å². The molecule has 1 amide bonds. The number of rotatable bonds is 5. The highest BCUT2D eigenvalue weighted by atomic mass is 16.3. The van der Waals surface area contributed by atoms with Crippen molar-refractivity contribution in [1.82, 2.24) is 0 Å². The molecule has 0 saturated carbocycles. The summed E-state index contributed by atoms with van der Waals surface area (Å²) < 4.78 is 0. The summed E-state index contributed by atoms with van der Waals surface area (Å²) in [6, 6.07) is 16.0. The predicted octanol–water partition coefficient (Wildman–Crippen LogP) is 3.13. The Labute approximate surface area is 137 Å². The van der Waals surface area contributed by atoms with Crippen molar-refractivity contribution in [2.45, 2.75) is 32.2 Å². The molecule has 4 nitrogen and oxygen atoms in total. The molecule has 0 bridgehead atoms. The van der Waals surface area contributed by atoms with Crippen LogP contribution in [0.4, 0.5) is 5.69 Å². The second-order valence-corrected chi connectivity index (χ2v) is 6.39. The highest BCUT2D eigenvalue weighted by Crippen LogP contribution is 2.25. The van der Waals surface area contributed by atoms with Crippen LogP contribution in [0.25, 0.3) is 11.1 Å². The van der Waals surface area contributed by atoms with Gasteiger partial charge in [0.05, 0.1) is 6.61 Å². The lowest BCUT2D eigenvalue weighted by atomic mass is 9.97. The summed E-state index contributed by atoms with van der Waals surface area (Å²) in [5.41, 5.74) is 8.61. The van der Waals surface area contributed by atoms with Crippen LogP contribution in [0.15, 0.2) is 48.5 Å². The molecule has 0 aliphatic rings. The van der Waals surface area contributed by atoms with E-state index < -0.39 is 18.1 Å². The molecule has 0 fully saturated rings. The minimum absolute atomic E-state index is 0.404. The first kappa shape index (κ1) is 17.2. The highest BCUT2D eigenvalue weighted by molar-refractivity contribution is 5.97. The first-order chi connectivity index (χ1) is 10.8. The lowest BCUT2D eigenvalue weighted by Crippen LogP contribution is -2.51. The van der Waals surface area contributed by atoms with Gasteiger partial charge in [0.2, 0.25) is 5.91 Å². The Bertz CT molecular complexity index is 676. The Morgan fingerprint density at radius 2 is 1.83 bits per heavy atom. The molecule has 4 heteroatoms. The van der Waals surface area contributed by atoms with Crippen LogP contribution in [0.3, 0.4) is 0 Å². The van der Waals surface area contributed by atoms with Crippen molar-refractivity contribution in [1.29, 1.82) is 0 Å². The van der Waals surface area contributed by atoms with E-state index >= 15 is 0 Å². The van der Waals surface area contributed by atoms with E-state index in [1.165, 1.54) is 12.5 Å². The Morgan fingerprint density at radius 1 is 1.17 bits per heavy atom. The van der Waals surface area contributed by atoms with Gasteiger partial charge in [0.1, 0.15) is 5.54 Å². The Kier molecular flexibility index (Phi) is 5.19. The van der Waals surface area contributed by atoms with Crippen molar-refractivity contribution in [2.24, 2.45) is 5.73 Å². The first-order valence-electron chi connectivity index (χ1n) is 7.75. The van der Waals surface area contributed by atoms with E-state index in [0.29, 0.717) is 11.6 Å². The molecule has 0 aliphatic heterocycles. The number of carbonyl (C=O) groups is 1. The van der Waals surface area contributed by atoms with Crippen LogP contribution < -0.4 is 11.1 Å². The Balaban J connectivity index is 2.17. The van der Waals surface area contributed by atoms with Gasteiger partial charge in [0.25, 0.3) is 0 Å². The number of hydrogen-bond acceptors (Lipinski definition) is 3. The number of carbonyl (C=O) groups excluding carboxylic acids is 1. The van der Waals surface area contributed by atoms with Crippen LogP contribution in [-0.4, -0.2) is 23.2 Å². The molecule has 1 atom stereocenters. The number of aliphatic hydroxyl groups is 1. The zero-order valence-electron chi connectivity index (χ0n) is 13.8. The van der Waals surface area contributed by atoms with Crippen molar-refractivity contribution in [3.05, 3.63) is 54.1 Å². The summed E-state index contributed by atoms with van der Waals surface area (Å²) in [6.07, 6.45) is 0. The first-order valence-corrected chi connectivity index (χ1v) is 7.75. The molecule has 0 heterocycles. The number of nitrogens with one attached hydrogen (secondary N) is 1. The molecule has 122 valence electrons. The summed E-state index contributed by atoms with van der Waals surface area (Å²) in [7, 11) is 0. The van der Waals surface area contributed by atoms with E-state index in [-0.39, 0.29) is 0 Å². The van der Waals surface area contributed by atoms with Gasteiger partial charge >= 0.3 is 0 Å². The summed E-state index contributed by atoms with van der Waals surface area (Å²) in [4.78, 5) is 11.9. The number of benzene rings is 2. The fourth-order valence-electron chi connectivity index (χ4n) is 2.17. The SMILES string of the molecule is CC(C)c1cccc(-c2ccc(NC(=O)[C@@](C)(N)CO)cc2)c1. The molecule has 0 aromatic heterocycles. The molecule has 2 aromatic rings. The van der Waals surface area contributed by atoms with Crippen LogP contribution in [-0.2, 0) is 4.79 Å². The third kappa shape index (κ3) is 4.18. The van der Waals surface area contributed by atoms with Crippen LogP contribution in [0.1, 0.15) is 32.3 Å². The van der Waals surface area contributed by atoms with Crippen LogP contribution in [0, 0.1) is 0 Å². The van der Waals surface area contributed by atoms with E-state index in [1.807, 2.05) is 24.3 Å². The van der Waals surface area contributed by atoms with Crippen molar-refractivity contribution in [3.63, 3.8) is 0 Å². The molecule has 2 rings (SSSR count). The van der Waals surface area contributed by atoms with Crippen LogP contribution >= 0.6 is 0 Å². The third-order valence-electron chi connectivity index (χ3n) is 3.88. The summed E-state index contributed by atoms with van der Waals surface area (Å²) in [5.74, 6) is 0.0729. The summed E-state index contributed by atoms with van der Waals surface area (Å²) >= 11 is 0. The molecule has 2 aromatic carbocycles. The number of aliphatic hydroxyl groups excluding tert-OH is 1. The van der Waals surface area contributed by atoms with Crippen LogP contribution in [0.2, 0.25) is 0 Å². The lowest BCUT2D eigenvalue weighted by Gasteiger charge is -2.20. The highest BCUT2D eigenvalue weighted by Gasteiger charge is 2.27. The van der Waals surface area contributed by atoms with Crippen molar-refractivity contribution < 1.29 is 9.90 Å². The monoisotopic (exact) mass is 312 g/mol. The lowest BCUT2D eigenvalue weighted by molar-refractivity contribution is -0.121. The number of anilines is 1. The third-order valence-corrected chi connectivity index (χ3v) is 3.88. The fraction of sp³-hybridized carbons (Fsp3) is 0.316. The van der Waals surface area contributed by atoms with Gasteiger partial charge in [-0.1, -0.05) is 50.2 Å². The fourth-order valence-corrected chi connectivity index (χ4v) is 2.17. The van der Waals surface area contributed by atoms with Gasteiger partial charge in [-0.3, -0.25) is 4.79 Å². The average Bonchev–Trinajstić information content (AvgIpc) is 2.55. The zero-order chi connectivity index (χ0) is 17.0. The number of hydrogen-bond donors (Lipinski definition) is 3. The van der Waals surface area contributed by atoms with Gasteiger partial charge in [0, 0.05) is 5.69 Å². The van der Waals surface area contributed by atoms with Crippen LogP contribution in [0.5, 0.6) is 0 Å². The second kappa shape index (κ2) is 6.94. The van der Waals surface area contributed by atoms with E-state index in [2.05, 4.69) is 43.4 Å². The smallest absolute Gasteiger partial charge is 0.246 e. The maximum Gasteiger partial charge on any atom is 0.246 e. The molecular formula is C19H24N2O2. The Hall–Kier alpha value is -2.17. The molecule has 4 N–H and O–H groups in total.